The molecule has 0 bridgehead atoms. The first-order valence-corrected chi connectivity index (χ1v) is 11.3. The summed E-state index contributed by atoms with van der Waals surface area (Å²) >= 11 is 0. The summed E-state index contributed by atoms with van der Waals surface area (Å²) in [6, 6.07) is 12.1. The molecule has 1 aliphatic rings. The molecular weight excluding hydrogens is 406 g/mol. The highest BCUT2D eigenvalue weighted by atomic mass is 16.5. The summed E-state index contributed by atoms with van der Waals surface area (Å²) in [5.41, 5.74) is 2.20. The van der Waals surface area contributed by atoms with Gasteiger partial charge in [-0.25, -0.2) is 0 Å². The van der Waals surface area contributed by atoms with Crippen molar-refractivity contribution in [2.75, 3.05) is 35.0 Å². The van der Waals surface area contributed by atoms with E-state index in [1.54, 1.807) is 28.4 Å². The molecule has 2 aromatic rings. The molecule has 174 valence electrons. The van der Waals surface area contributed by atoms with Crippen molar-refractivity contribution < 1.29 is 23.7 Å². The van der Waals surface area contributed by atoms with Crippen LogP contribution in [0.1, 0.15) is 43.2 Å². The van der Waals surface area contributed by atoms with Crippen molar-refractivity contribution in [3.8, 4) is 23.0 Å². The molecule has 0 aliphatic carbocycles. The summed E-state index contributed by atoms with van der Waals surface area (Å²) in [6.45, 7) is 0.838. The Kier molecular flexibility index (Phi) is 8.65. The third kappa shape index (κ3) is 5.67. The number of methoxy groups -OCH3 is 4. The molecule has 0 spiro atoms. The first-order valence-electron chi connectivity index (χ1n) is 11.3. The monoisotopic (exact) mass is 441 g/mol. The number of aryl methyl sites for hydroxylation is 2. The van der Waals surface area contributed by atoms with Crippen LogP contribution in [0.2, 0.25) is 0 Å². The minimum absolute atomic E-state index is 0.215. The van der Waals surface area contributed by atoms with Gasteiger partial charge in [0, 0.05) is 19.0 Å². The number of hydrogen-bond acceptors (Lipinski definition) is 5. The Hall–Kier alpha value is -2.89. The highest BCUT2D eigenvalue weighted by Gasteiger charge is 2.26. The average Bonchev–Trinajstić information content (AvgIpc) is 2.85. The Bertz CT molecular complexity index is 898. The van der Waals surface area contributed by atoms with Crippen molar-refractivity contribution >= 4 is 5.91 Å². The second-order valence-corrected chi connectivity index (χ2v) is 8.12. The molecule has 32 heavy (non-hydrogen) atoms. The maximum Gasteiger partial charge on any atom is 0.223 e. The fourth-order valence-electron chi connectivity index (χ4n) is 4.53. The van der Waals surface area contributed by atoms with Gasteiger partial charge in [0.25, 0.3) is 0 Å². The fraction of sp³-hybridized carbons (Fsp3) is 0.500. The predicted molar refractivity (Wildman–Crippen MR) is 125 cm³/mol. The molecule has 1 amide bonds. The fourth-order valence-corrected chi connectivity index (χ4v) is 4.53. The summed E-state index contributed by atoms with van der Waals surface area (Å²) in [7, 11) is 6.56. The van der Waals surface area contributed by atoms with Crippen molar-refractivity contribution in [2.24, 2.45) is 0 Å². The number of likely N-dealkylation sites (tertiary alicyclic amines) is 1. The van der Waals surface area contributed by atoms with E-state index in [0.717, 1.165) is 49.3 Å². The number of benzene rings is 2. The summed E-state index contributed by atoms with van der Waals surface area (Å²) in [6.07, 6.45) is 6.25. The maximum atomic E-state index is 13.1. The van der Waals surface area contributed by atoms with Gasteiger partial charge in [0.1, 0.15) is 0 Å². The van der Waals surface area contributed by atoms with Crippen LogP contribution in [-0.2, 0) is 17.6 Å². The third-order valence-corrected chi connectivity index (χ3v) is 6.25. The molecule has 1 unspecified atom stereocenters. The summed E-state index contributed by atoms with van der Waals surface area (Å²) in [5.74, 6) is 3.11. The highest BCUT2D eigenvalue weighted by molar-refractivity contribution is 5.77. The number of carbonyl (C=O) groups excluding carboxylic acids is 1. The minimum Gasteiger partial charge on any atom is -0.493 e. The van der Waals surface area contributed by atoms with Crippen LogP contribution in [0.3, 0.4) is 0 Å². The molecule has 2 aromatic carbocycles. The van der Waals surface area contributed by atoms with Crippen molar-refractivity contribution in [3.63, 3.8) is 0 Å². The highest BCUT2D eigenvalue weighted by Crippen LogP contribution is 2.32. The van der Waals surface area contributed by atoms with Gasteiger partial charge in [0.15, 0.2) is 23.0 Å². The minimum atomic E-state index is 0.215. The Morgan fingerprint density at radius 2 is 1.69 bits per heavy atom. The molecule has 1 heterocycles. The number of para-hydroxylation sites is 1. The number of rotatable bonds is 10. The predicted octanol–water partition coefficient (Wildman–Crippen LogP) is 4.67. The van der Waals surface area contributed by atoms with Crippen LogP contribution in [-0.4, -0.2) is 51.8 Å². The zero-order valence-electron chi connectivity index (χ0n) is 19.7. The van der Waals surface area contributed by atoms with E-state index in [-0.39, 0.29) is 11.9 Å². The van der Waals surface area contributed by atoms with Crippen LogP contribution in [0.4, 0.5) is 0 Å². The van der Waals surface area contributed by atoms with Gasteiger partial charge in [-0.2, -0.15) is 0 Å². The first-order chi connectivity index (χ1) is 15.6. The van der Waals surface area contributed by atoms with Gasteiger partial charge in [0.05, 0.1) is 28.4 Å². The molecule has 6 heteroatoms. The van der Waals surface area contributed by atoms with E-state index >= 15 is 0 Å². The molecule has 0 radical (unpaired) electrons. The van der Waals surface area contributed by atoms with Gasteiger partial charge >= 0.3 is 0 Å². The zero-order chi connectivity index (χ0) is 22.9. The van der Waals surface area contributed by atoms with Crippen LogP contribution in [0, 0.1) is 0 Å². The number of hydrogen-bond donors (Lipinski definition) is 0. The van der Waals surface area contributed by atoms with Gasteiger partial charge < -0.3 is 23.8 Å². The molecule has 6 nitrogen and oxygen atoms in total. The number of nitrogens with zero attached hydrogens (tertiary/aromatic N) is 1. The molecule has 1 saturated heterocycles. The molecule has 0 aromatic heterocycles. The van der Waals surface area contributed by atoms with Crippen molar-refractivity contribution in [2.45, 2.75) is 51.0 Å². The smallest absolute Gasteiger partial charge is 0.223 e. The average molecular weight is 442 g/mol. The lowest BCUT2D eigenvalue weighted by atomic mass is 9.95. The Balaban J connectivity index is 1.62. The van der Waals surface area contributed by atoms with Crippen molar-refractivity contribution in [3.05, 3.63) is 47.5 Å². The van der Waals surface area contributed by atoms with Gasteiger partial charge in [-0.15, -0.1) is 0 Å². The lowest BCUT2D eigenvalue weighted by Crippen LogP contribution is -2.44. The van der Waals surface area contributed by atoms with Gasteiger partial charge in [-0.1, -0.05) is 18.2 Å². The quantitative estimate of drug-likeness (QED) is 0.536. The maximum absolute atomic E-state index is 13.1. The Labute approximate surface area is 191 Å². The number of ether oxygens (including phenoxy) is 4. The van der Waals surface area contributed by atoms with Crippen LogP contribution in [0.15, 0.2) is 36.4 Å². The zero-order valence-corrected chi connectivity index (χ0v) is 19.7. The molecule has 1 atom stereocenters. The lowest BCUT2D eigenvalue weighted by Gasteiger charge is -2.36. The molecule has 3 rings (SSSR count). The topological polar surface area (TPSA) is 57.2 Å². The van der Waals surface area contributed by atoms with E-state index in [2.05, 4.69) is 11.0 Å². The van der Waals surface area contributed by atoms with Gasteiger partial charge in [0.2, 0.25) is 5.91 Å². The van der Waals surface area contributed by atoms with Gasteiger partial charge in [-0.05, 0) is 67.9 Å². The molecule has 0 saturated carbocycles. The first kappa shape index (κ1) is 23.8. The van der Waals surface area contributed by atoms with Gasteiger partial charge in [-0.3, -0.25) is 4.79 Å². The summed E-state index contributed by atoms with van der Waals surface area (Å²) in [4.78, 5) is 15.2. The largest absolute Gasteiger partial charge is 0.493 e. The standard InChI is InChI=1S/C26H35NO5/c1-29-22-15-12-19(18-24(22)31-3)11-14-21-9-5-6-17-27(21)25(28)16-13-20-8-7-10-23(30-2)26(20)32-4/h7-8,10,12,15,18,21H,5-6,9,11,13-14,16-17H2,1-4H3. The third-order valence-electron chi connectivity index (χ3n) is 6.25. The number of piperidine rings is 1. The summed E-state index contributed by atoms with van der Waals surface area (Å²) in [5, 5.41) is 0. The summed E-state index contributed by atoms with van der Waals surface area (Å²) < 4.78 is 21.7. The number of carbonyl (C=O) groups is 1. The molecular formula is C26H35NO5. The molecule has 1 aliphatic heterocycles. The van der Waals surface area contributed by atoms with Crippen LogP contribution >= 0.6 is 0 Å². The lowest BCUT2D eigenvalue weighted by molar-refractivity contribution is -0.135. The van der Waals surface area contributed by atoms with Crippen molar-refractivity contribution in [1.29, 1.82) is 0 Å². The van der Waals surface area contributed by atoms with Crippen LogP contribution < -0.4 is 18.9 Å². The Morgan fingerprint density at radius 3 is 2.41 bits per heavy atom. The van der Waals surface area contributed by atoms with E-state index in [1.165, 1.54) is 12.0 Å². The second kappa shape index (κ2) is 11.7. The van der Waals surface area contributed by atoms with Crippen LogP contribution in [0.25, 0.3) is 0 Å². The van der Waals surface area contributed by atoms with E-state index in [0.29, 0.717) is 24.3 Å². The van der Waals surface area contributed by atoms with E-state index in [4.69, 9.17) is 18.9 Å². The van der Waals surface area contributed by atoms with E-state index < -0.39 is 0 Å². The SMILES string of the molecule is COc1ccc(CCC2CCCCN2C(=O)CCc2cccc(OC)c2OC)cc1OC. The normalized spacial score (nSPS) is 15.9. The number of amides is 1. The van der Waals surface area contributed by atoms with Crippen molar-refractivity contribution in [1.82, 2.24) is 4.90 Å². The van der Waals surface area contributed by atoms with Crippen LogP contribution in [0.5, 0.6) is 23.0 Å². The van der Waals surface area contributed by atoms with E-state index in [1.807, 2.05) is 30.3 Å². The van der Waals surface area contributed by atoms with E-state index in [9.17, 15) is 4.79 Å². The molecule has 0 N–H and O–H groups in total. The Morgan fingerprint density at radius 1 is 0.906 bits per heavy atom. The molecule has 1 fully saturated rings. The second-order valence-electron chi connectivity index (χ2n) is 8.12.